The van der Waals surface area contributed by atoms with Gasteiger partial charge in [0, 0.05) is 18.1 Å². The molecule has 0 aliphatic carbocycles. The highest BCUT2D eigenvalue weighted by Gasteiger charge is 2.25. The van der Waals surface area contributed by atoms with Crippen LogP contribution in [0, 0.1) is 6.92 Å². The van der Waals surface area contributed by atoms with Gasteiger partial charge in [0.1, 0.15) is 6.04 Å². The van der Waals surface area contributed by atoms with Crippen LogP contribution in [0.25, 0.3) is 0 Å². The normalized spacial score (nSPS) is 11.7. The number of aryl methyl sites for hydroxylation is 1. The number of carbonyl (C=O) groups is 2. The van der Waals surface area contributed by atoms with Crippen LogP contribution in [-0.4, -0.2) is 29.3 Å². The van der Waals surface area contributed by atoms with E-state index in [1.165, 1.54) is 0 Å². The number of benzene rings is 2. The van der Waals surface area contributed by atoms with Gasteiger partial charge in [-0.25, -0.2) is 0 Å². The van der Waals surface area contributed by atoms with E-state index in [2.05, 4.69) is 5.32 Å². The number of hydrogen-bond donors (Lipinski definition) is 1. The molecule has 2 aromatic rings. The summed E-state index contributed by atoms with van der Waals surface area (Å²) >= 11 is 6.06. The Labute approximate surface area is 160 Å². The molecule has 0 heterocycles. The highest BCUT2D eigenvalue weighted by atomic mass is 35.5. The van der Waals surface area contributed by atoms with Crippen LogP contribution in [0.1, 0.15) is 30.5 Å². The number of halogens is 1. The highest BCUT2D eigenvalue weighted by molar-refractivity contribution is 6.30. The number of rotatable bonds is 7. The molecule has 5 heteroatoms. The predicted molar refractivity (Wildman–Crippen MR) is 105 cm³/mol. The maximum atomic E-state index is 13.0. The zero-order chi connectivity index (χ0) is 19.1. The standard InChI is InChI=1S/C21H25ClN2O2/c1-4-23-21(26)16(3)24(14-18-9-6-10-19(22)12-18)20(25)13-17-8-5-7-15(2)11-17/h5-12,16H,4,13-14H2,1-3H3,(H,23,26). The molecular formula is C21H25ClN2O2. The van der Waals surface area contributed by atoms with Crippen LogP contribution in [0.4, 0.5) is 0 Å². The van der Waals surface area contributed by atoms with E-state index in [0.717, 1.165) is 16.7 Å². The van der Waals surface area contributed by atoms with Crippen molar-refractivity contribution >= 4 is 23.4 Å². The van der Waals surface area contributed by atoms with E-state index >= 15 is 0 Å². The number of carbonyl (C=O) groups excluding carboxylic acids is 2. The fraction of sp³-hybridized carbons (Fsp3) is 0.333. The second kappa shape index (κ2) is 9.39. The van der Waals surface area contributed by atoms with Crippen LogP contribution in [0.3, 0.4) is 0 Å². The van der Waals surface area contributed by atoms with Crippen LogP contribution in [0.15, 0.2) is 48.5 Å². The summed E-state index contributed by atoms with van der Waals surface area (Å²) < 4.78 is 0. The van der Waals surface area contributed by atoms with E-state index in [1.807, 2.05) is 56.3 Å². The van der Waals surface area contributed by atoms with Crippen molar-refractivity contribution in [3.63, 3.8) is 0 Å². The third-order valence-electron chi connectivity index (χ3n) is 4.20. The third-order valence-corrected chi connectivity index (χ3v) is 4.43. The summed E-state index contributed by atoms with van der Waals surface area (Å²) in [5.74, 6) is -0.249. The summed E-state index contributed by atoms with van der Waals surface area (Å²) in [4.78, 5) is 26.9. The second-order valence-electron chi connectivity index (χ2n) is 6.39. The van der Waals surface area contributed by atoms with Gasteiger partial charge in [-0.05, 0) is 44.0 Å². The Hall–Kier alpha value is -2.33. The molecule has 0 saturated heterocycles. The van der Waals surface area contributed by atoms with Crippen LogP contribution in [0.2, 0.25) is 5.02 Å². The Kier molecular flexibility index (Phi) is 7.22. The lowest BCUT2D eigenvalue weighted by Crippen LogP contribution is -2.48. The summed E-state index contributed by atoms with van der Waals surface area (Å²) in [5, 5.41) is 3.40. The van der Waals surface area contributed by atoms with Crippen molar-refractivity contribution < 1.29 is 9.59 Å². The summed E-state index contributed by atoms with van der Waals surface area (Å²) in [6, 6.07) is 14.6. The van der Waals surface area contributed by atoms with Gasteiger partial charge in [0.2, 0.25) is 11.8 Å². The zero-order valence-electron chi connectivity index (χ0n) is 15.5. The van der Waals surface area contributed by atoms with Crippen molar-refractivity contribution in [3.8, 4) is 0 Å². The van der Waals surface area contributed by atoms with Crippen LogP contribution in [-0.2, 0) is 22.6 Å². The molecule has 0 spiro atoms. The van der Waals surface area contributed by atoms with Gasteiger partial charge in [0.05, 0.1) is 6.42 Å². The number of nitrogens with one attached hydrogen (secondary N) is 1. The van der Waals surface area contributed by atoms with Crippen LogP contribution in [0.5, 0.6) is 0 Å². The number of amides is 2. The maximum Gasteiger partial charge on any atom is 0.242 e. The van der Waals surface area contributed by atoms with Crippen molar-refractivity contribution in [1.82, 2.24) is 10.2 Å². The average molecular weight is 373 g/mol. The number of nitrogens with zero attached hydrogens (tertiary/aromatic N) is 1. The molecule has 1 atom stereocenters. The Balaban J connectivity index is 2.23. The van der Waals surface area contributed by atoms with Gasteiger partial charge < -0.3 is 10.2 Å². The van der Waals surface area contributed by atoms with Gasteiger partial charge in [-0.15, -0.1) is 0 Å². The largest absolute Gasteiger partial charge is 0.355 e. The molecule has 0 radical (unpaired) electrons. The Morgan fingerprint density at radius 1 is 1.12 bits per heavy atom. The molecule has 26 heavy (non-hydrogen) atoms. The molecule has 0 saturated carbocycles. The Bertz CT molecular complexity index is 776. The Morgan fingerprint density at radius 2 is 1.81 bits per heavy atom. The highest BCUT2D eigenvalue weighted by Crippen LogP contribution is 2.16. The topological polar surface area (TPSA) is 49.4 Å². The molecule has 1 unspecified atom stereocenters. The molecule has 0 fully saturated rings. The van der Waals surface area contributed by atoms with E-state index in [4.69, 9.17) is 11.6 Å². The first kappa shape index (κ1) is 20.0. The van der Waals surface area contributed by atoms with E-state index in [1.54, 1.807) is 17.9 Å². The molecule has 0 aromatic heterocycles. The first-order valence-corrected chi connectivity index (χ1v) is 9.15. The second-order valence-corrected chi connectivity index (χ2v) is 6.82. The van der Waals surface area contributed by atoms with Gasteiger partial charge in [-0.3, -0.25) is 9.59 Å². The van der Waals surface area contributed by atoms with Gasteiger partial charge in [0.15, 0.2) is 0 Å². The molecule has 1 N–H and O–H groups in total. The van der Waals surface area contributed by atoms with Gasteiger partial charge >= 0.3 is 0 Å². The first-order chi connectivity index (χ1) is 12.4. The third kappa shape index (κ3) is 5.60. The van der Waals surface area contributed by atoms with E-state index in [9.17, 15) is 9.59 Å². The molecule has 0 bridgehead atoms. The first-order valence-electron chi connectivity index (χ1n) is 8.78. The zero-order valence-corrected chi connectivity index (χ0v) is 16.2. The lowest BCUT2D eigenvalue weighted by atomic mass is 10.1. The van der Waals surface area contributed by atoms with E-state index in [-0.39, 0.29) is 18.2 Å². The number of hydrogen-bond acceptors (Lipinski definition) is 2. The van der Waals surface area contributed by atoms with Crippen LogP contribution < -0.4 is 5.32 Å². The quantitative estimate of drug-likeness (QED) is 0.804. The summed E-state index contributed by atoms with van der Waals surface area (Å²) in [6.07, 6.45) is 0.256. The molecule has 0 aliphatic rings. The lowest BCUT2D eigenvalue weighted by Gasteiger charge is -2.29. The molecular weight excluding hydrogens is 348 g/mol. The van der Waals surface area contributed by atoms with Crippen molar-refractivity contribution in [1.29, 1.82) is 0 Å². The molecule has 2 amide bonds. The molecule has 4 nitrogen and oxygen atoms in total. The van der Waals surface area contributed by atoms with Crippen molar-refractivity contribution in [2.75, 3.05) is 6.54 Å². The fourth-order valence-electron chi connectivity index (χ4n) is 2.83. The molecule has 2 aromatic carbocycles. The molecule has 2 rings (SSSR count). The summed E-state index contributed by atoms with van der Waals surface area (Å²) in [6.45, 7) is 6.48. The SMILES string of the molecule is CCNC(=O)C(C)N(Cc1cccc(Cl)c1)C(=O)Cc1cccc(C)c1. The fourth-order valence-corrected chi connectivity index (χ4v) is 3.05. The summed E-state index contributed by atoms with van der Waals surface area (Å²) in [7, 11) is 0. The average Bonchev–Trinajstić information content (AvgIpc) is 2.59. The predicted octanol–water partition coefficient (Wildman–Crippen LogP) is 3.74. The minimum absolute atomic E-state index is 0.0886. The van der Waals surface area contributed by atoms with Gasteiger partial charge in [-0.2, -0.15) is 0 Å². The van der Waals surface area contributed by atoms with Crippen molar-refractivity contribution in [2.24, 2.45) is 0 Å². The Morgan fingerprint density at radius 3 is 2.46 bits per heavy atom. The summed E-state index contributed by atoms with van der Waals surface area (Å²) in [5.41, 5.74) is 2.94. The monoisotopic (exact) mass is 372 g/mol. The maximum absolute atomic E-state index is 13.0. The van der Waals surface area contributed by atoms with E-state index < -0.39 is 6.04 Å². The molecule has 0 aliphatic heterocycles. The van der Waals surface area contributed by atoms with Crippen molar-refractivity contribution in [3.05, 3.63) is 70.2 Å². The van der Waals surface area contributed by atoms with Crippen molar-refractivity contribution in [2.45, 2.75) is 39.8 Å². The molecule has 138 valence electrons. The van der Waals surface area contributed by atoms with Crippen LogP contribution >= 0.6 is 11.6 Å². The number of likely N-dealkylation sites (N-methyl/N-ethyl adjacent to an activating group) is 1. The lowest BCUT2D eigenvalue weighted by molar-refractivity contribution is -0.140. The smallest absolute Gasteiger partial charge is 0.242 e. The minimum Gasteiger partial charge on any atom is -0.355 e. The van der Waals surface area contributed by atoms with Gasteiger partial charge in [0.25, 0.3) is 0 Å². The van der Waals surface area contributed by atoms with Gasteiger partial charge in [-0.1, -0.05) is 53.6 Å². The minimum atomic E-state index is -0.564. The van der Waals surface area contributed by atoms with E-state index in [0.29, 0.717) is 18.1 Å².